The Morgan fingerprint density at radius 2 is 0.857 bits per heavy atom. The highest BCUT2D eigenvalue weighted by atomic mass is 32.1. The van der Waals surface area contributed by atoms with Gasteiger partial charge in [0.25, 0.3) is 23.6 Å². The Hall–Kier alpha value is -4.65. The van der Waals surface area contributed by atoms with Crippen molar-refractivity contribution in [1.82, 2.24) is 0 Å². The van der Waals surface area contributed by atoms with Gasteiger partial charge in [0.1, 0.15) is 0 Å². The van der Waals surface area contributed by atoms with Gasteiger partial charge in [-0.05, 0) is 31.2 Å². The topological polar surface area (TPSA) is 74.8 Å². The van der Waals surface area contributed by atoms with Crippen LogP contribution in [0.15, 0.2) is 48.6 Å². The highest BCUT2D eigenvalue weighted by molar-refractivity contribution is 7.79. The van der Waals surface area contributed by atoms with Crippen LogP contribution in [0.3, 0.4) is 0 Å². The van der Waals surface area contributed by atoms with Crippen LogP contribution in [0.5, 0.6) is 0 Å². The van der Waals surface area contributed by atoms with Gasteiger partial charge >= 0.3 is 0 Å². The van der Waals surface area contributed by atoms with Crippen LogP contribution in [-0.4, -0.2) is 29.9 Å². The molecule has 3 aromatic carbocycles. The molecule has 6 nitrogen and oxygen atoms in total. The van der Waals surface area contributed by atoms with E-state index in [0.717, 1.165) is 12.1 Å². The first-order valence-electron chi connectivity index (χ1n) is 12.1. The van der Waals surface area contributed by atoms with Crippen molar-refractivity contribution in [3.8, 4) is 0 Å². The third kappa shape index (κ3) is 4.23. The van der Waals surface area contributed by atoms with E-state index in [9.17, 15) is 45.5 Å². The van der Waals surface area contributed by atoms with E-state index < -0.39 is 69.9 Å². The highest BCUT2D eigenvalue weighted by Crippen LogP contribution is 2.44. The summed E-state index contributed by atoms with van der Waals surface area (Å²) in [4.78, 5) is 55.0. The van der Waals surface area contributed by atoms with Crippen LogP contribution < -0.4 is 9.80 Å². The first kappa shape index (κ1) is 28.9. The molecule has 0 aromatic heterocycles. The number of imide groups is 2. The lowest BCUT2D eigenvalue weighted by Crippen LogP contribution is -2.46. The van der Waals surface area contributed by atoms with Crippen LogP contribution in [0.2, 0.25) is 0 Å². The van der Waals surface area contributed by atoms with E-state index >= 15 is 0 Å². The molecule has 2 aliphatic heterocycles. The van der Waals surface area contributed by atoms with E-state index in [1.165, 1.54) is 12.2 Å². The molecule has 0 N–H and O–H groups in total. The fraction of sp³-hybridized carbons (Fsp3) is 0.103. The Balaban J connectivity index is 0.00000173. The molecule has 0 unspecified atom stereocenters. The van der Waals surface area contributed by atoms with Crippen molar-refractivity contribution in [3.05, 3.63) is 106 Å². The van der Waals surface area contributed by atoms with E-state index in [4.69, 9.17) is 0 Å². The summed E-state index contributed by atoms with van der Waals surface area (Å²) in [6, 6.07) is 4.24. The van der Waals surface area contributed by atoms with Gasteiger partial charge in [-0.25, -0.2) is 36.1 Å². The van der Waals surface area contributed by atoms with Gasteiger partial charge in [0, 0.05) is 57.7 Å². The minimum Gasteiger partial charge on any atom is -0.268 e. The van der Waals surface area contributed by atoms with Crippen molar-refractivity contribution in [1.29, 1.82) is 0 Å². The van der Waals surface area contributed by atoms with Crippen molar-refractivity contribution in [2.75, 3.05) is 16.1 Å². The molecule has 0 bridgehead atoms. The lowest BCUT2D eigenvalue weighted by atomic mass is 9.79. The van der Waals surface area contributed by atoms with Crippen LogP contribution in [0, 0.1) is 34.9 Å². The van der Waals surface area contributed by atoms with E-state index in [1.54, 1.807) is 6.26 Å². The molecule has 0 saturated carbocycles. The number of halogens is 6. The zero-order valence-electron chi connectivity index (χ0n) is 21.3. The van der Waals surface area contributed by atoms with Gasteiger partial charge < -0.3 is 0 Å². The SMILES string of the molecule is CS.O=C1/C2=C/CC/C=C3/C(=O)N(c4cc(F)c(F)c(F)c4)C(=O)c4ccc(c2c43)C(=O)N1c1cc(F)c(F)c(F)c1. The molecule has 1 aliphatic carbocycles. The summed E-state index contributed by atoms with van der Waals surface area (Å²) in [5.74, 6) is -14.3. The number of hydrogen-bond donors (Lipinski definition) is 1. The van der Waals surface area contributed by atoms with Gasteiger partial charge in [0.15, 0.2) is 34.9 Å². The summed E-state index contributed by atoms with van der Waals surface area (Å²) in [5.41, 5.74) is -2.04. The van der Waals surface area contributed by atoms with Crippen LogP contribution in [0.4, 0.5) is 37.7 Å². The molecular weight excluding hydrogens is 586 g/mol. The molecule has 13 heteroatoms. The fourth-order valence-corrected chi connectivity index (χ4v) is 5.04. The zero-order valence-corrected chi connectivity index (χ0v) is 22.2. The van der Waals surface area contributed by atoms with E-state index in [1.807, 2.05) is 0 Å². The van der Waals surface area contributed by atoms with Crippen LogP contribution in [0.25, 0.3) is 11.1 Å². The standard InChI is InChI=1S/C28H12F6N2O4.CH4S/c29-17-7-11(8-18(30)23(17)33)35-25(37)13-3-1-2-4-14-22-16(6-5-15(21(13)22)27(35)39)28(40)36(26(14)38)12-9-19(31)24(34)20(32)10-12;1-2/h3-10H,1-2H2;2H,1H3/b13-3+,14-4+;. The van der Waals surface area contributed by atoms with Gasteiger partial charge in [-0.1, -0.05) is 12.2 Å². The lowest BCUT2D eigenvalue weighted by Gasteiger charge is -2.35. The number of carbonyl (C=O) groups excluding carboxylic acids is 4. The average molecular weight is 603 g/mol. The number of benzene rings is 3. The molecule has 0 spiro atoms. The maximum atomic E-state index is 14.0. The highest BCUT2D eigenvalue weighted by Gasteiger charge is 2.44. The Labute approximate surface area is 238 Å². The molecular formula is C29H16F6N2O4S. The second kappa shape index (κ2) is 10.6. The van der Waals surface area contributed by atoms with Gasteiger partial charge in [-0.15, -0.1) is 0 Å². The fourth-order valence-electron chi connectivity index (χ4n) is 5.04. The number of anilines is 2. The molecule has 42 heavy (non-hydrogen) atoms. The molecule has 0 fully saturated rings. The van der Waals surface area contributed by atoms with E-state index in [-0.39, 0.29) is 46.2 Å². The van der Waals surface area contributed by atoms with Crippen LogP contribution in [-0.2, 0) is 9.59 Å². The molecule has 6 rings (SSSR count). The van der Waals surface area contributed by atoms with Crippen molar-refractivity contribution >= 4 is 58.8 Å². The summed E-state index contributed by atoms with van der Waals surface area (Å²) < 4.78 is 83.0. The summed E-state index contributed by atoms with van der Waals surface area (Å²) in [6.07, 6.45) is 4.83. The molecule has 0 radical (unpaired) electrons. The second-order valence-electron chi connectivity index (χ2n) is 9.06. The van der Waals surface area contributed by atoms with Crippen LogP contribution in [0.1, 0.15) is 44.7 Å². The van der Waals surface area contributed by atoms with Crippen molar-refractivity contribution < 1.29 is 45.5 Å². The maximum Gasteiger partial charge on any atom is 0.265 e. The number of allylic oxidation sites excluding steroid dienone is 2. The van der Waals surface area contributed by atoms with Crippen molar-refractivity contribution in [3.63, 3.8) is 0 Å². The minimum atomic E-state index is -1.79. The number of nitrogens with zero attached hydrogens (tertiary/aromatic N) is 2. The number of rotatable bonds is 2. The smallest absolute Gasteiger partial charge is 0.265 e. The Morgan fingerprint density at radius 3 is 1.17 bits per heavy atom. The first-order valence-corrected chi connectivity index (χ1v) is 13.0. The summed E-state index contributed by atoms with van der Waals surface area (Å²) in [7, 11) is 0. The van der Waals surface area contributed by atoms with Gasteiger partial charge in [-0.3, -0.25) is 19.2 Å². The molecule has 3 aromatic rings. The molecule has 214 valence electrons. The Kier molecular flexibility index (Phi) is 7.31. The summed E-state index contributed by atoms with van der Waals surface area (Å²) in [6.45, 7) is 0. The minimum absolute atomic E-state index is 0.0874. The second-order valence-corrected chi connectivity index (χ2v) is 9.06. The Morgan fingerprint density at radius 1 is 0.548 bits per heavy atom. The van der Waals surface area contributed by atoms with Gasteiger partial charge in [0.05, 0.1) is 11.4 Å². The number of hydrogen-bond acceptors (Lipinski definition) is 5. The Bertz CT molecular complexity index is 1640. The van der Waals surface area contributed by atoms with Gasteiger partial charge in [-0.2, -0.15) is 12.6 Å². The maximum absolute atomic E-state index is 14.0. The molecule has 3 aliphatic rings. The van der Waals surface area contributed by atoms with Crippen LogP contribution >= 0.6 is 12.6 Å². The molecule has 4 amide bonds. The van der Waals surface area contributed by atoms with Crippen molar-refractivity contribution in [2.24, 2.45) is 0 Å². The lowest BCUT2D eigenvalue weighted by molar-refractivity contribution is -0.113. The number of carbonyl (C=O) groups is 4. The van der Waals surface area contributed by atoms with E-state index in [2.05, 4.69) is 12.6 Å². The van der Waals surface area contributed by atoms with Crippen molar-refractivity contribution in [2.45, 2.75) is 12.8 Å². The molecule has 0 saturated heterocycles. The quantitative estimate of drug-likeness (QED) is 0.169. The zero-order chi connectivity index (χ0) is 30.6. The normalized spacial score (nSPS) is 18.3. The summed E-state index contributed by atoms with van der Waals surface area (Å²) >= 11 is 3.53. The predicted octanol–water partition coefficient (Wildman–Crippen LogP) is 6.00. The summed E-state index contributed by atoms with van der Waals surface area (Å²) in [5, 5.41) is 0. The third-order valence-electron chi connectivity index (χ3n) is 6.80. The largest absolute Gasteiger partial charge is 0.268 e. The molecule has 2 heterocycles. The predicted molar refractivity (Wildman–Crippen MR) is 143 cm³/mol. The first-order chi connectivity index (χ1) is 20.0. The number of thiol groups is 1. The number of amides is 4. The average Bonchev–Trinajstić information content (AvgIpc) is 2.94. The third-order valence-corrected chi connectivity index (χ3v) is 6.80. The van der Waals surface area contributed by atoms with Gasteiger partial charge in [0.2, 0.25) is 0 Å². The van der Waals surface area contributed by atoms with E-state index in [0.29, 0.717) is 34.1 Å². The molecule has 0 atom stereocenters. The monoisotopic (exact) mass is 602 g/mol.